The molecule has 1 fully saturated rings. The fourth-order valence-electron chi connectivity index (χ4n) is 3.99. The van der Waals surface area contributed by atoms with Gasteiger partial charge in [0.2, 0.25) is 5.91 Å². The van der Waals surface area contributed by atoms with E-state index in [2.05, 4.69) is 20.4 Å². The van der Waals surface area contributed by atoms with Gasteiger partial charge in [0, 0.05) is 18.8 Å². The molecule has 0 atom stereocenters. The van der Waals surface area contributed by atoms with Gasteiger partial charge in [-0.25, -0.2) is 0 Å². The first kappa shape index (κ1) is 22.9. The van der Waals surface area contributed by atoms with Crippen molar-refractivity contribution in [3.05, 3.63) is 78.9 Å². The highest BCUT2D eigenvalue weighted by molar-refractivity contribution is 7.99. The maximum atomic E-state index is 12.9. The van der Waals surface area contributed by atoms with Crippen molar-refractivity contribution in [2.45, 2.75) is 5.16 Å². The number of aromatic nitrogens is 3. The lowest BCUT2D eigenvalue weighted by atomic mass is 10.2. The number of ether oxygens (including phenoxy) is 1. The summed E-state index contributed by atoms with van der Waals surface area (Å²) in [6.45, 7) is 2.92. The third-order valence-corrected chi connectivity index (χ3v) is 6.58. The fraction of sp³-hybridized carbons (Fsp3) is 0.192. The summed E-state index contributed by atoms with van der Waals surface area (Å²) in [5.41, 5.74) is 3.18. The van der Waals surface area contributed by atoms with Crippen LogP contribution >= 0.6 is 11.8 Å². The van der Waals surface area contributed by atoms with Crippen molar-refractivity contribution >= 4 is 29.0 Å². The number of thioether (sulfide) groups is 1. The lowest BCUT2D eigenvalue weighted by molar-refractivity contribution is -0.113. The second kappa shape index (κ2) is 10.6. The van der Waals surface area contributed by atoms with E-state index in [1.807, 2.05) is 65.2 Å². The Hall–Kier alpha value is -3.82. The fourth-order valence-corrected chi connectivity index (χ4v) is 4.74. The molecule has 0 bridgehead atoms. The molecule has 2 heterocycles. The van der Waals surface area contributed by atoms with Crippen molar-refractivity contribution in [2.24, 2.45) is 0 Å². The van der Waals surface area contributed by atoms with Crippen molar-refractivity contribution in [1.82, 2.24) is 14.8 Å². The summed E-state index contributed by atoms with van der Waals surface area (Å²) in [5, 5.41) is 22.7. The minimum absolute atomic E-state index is 0.117. The lowest BCUT2D eigenvalue weighted by Crippen LogP contribution is -2.36. The van der Waals surface area contributed by atoms with Gasteiger partial charge in [0.25, 0.3) is 0 Å². The predicted molar refractivity (Wildman–Crippen MR) is 137 cm³/mol. The molecule has 2 N–H and O–H groups in total. The number of carbonyl (C=O) groups excluding carboxylic acids is 1. The Kier molecular flexibility index (Phi) is 6.97. The Morgan fingerprint density at radius 1 is 0.943 bits per heavy atom. The quantitative estimate of drug-likeness (QED) is 0.377. The summed E-state index contributed by atoms with van der Waals surface area (Å²) < 4.78 is 7.31. The predicted octanol–water partition coefficient (Wildman–Crippen LogP) is 4.21. The molecule has 1 saturated heterocycles. The molecule has 1 amide bonds. The van der Waals surface area contributed by atoms with Gasteiger partial charge in [-0.2, -0.15) is 0 Å². The first-order valence-electron chi connectivity index (χ1n) is 11.3. The van der Waals surface area contributed by atoms with Crippen LogP contribution in [0.3, 0.4) is 0 Å². The Balaban J connectivity index is 1.36. The van der Waals surface area contributed by atoms with Crippen LogP contribution in [0, 0.1) is 0 Å². The number of rotatable bonds is 7. The molecule has 8 nitrogen and oxygen atoms in total. The van der Waals surface area contributed by atoms with Gasteiger partial charge in [-0.3, -0.25) is 9.36 Å². The van der Waals surface area contributed by atoms with E-state index in [4.69, 9.17) is 4.74 Å². The molecule has 3 aromatic carbocycles. The van der Waals surface area contributed by atoms with Gasteiger partial charge in [-0.1, -0.05) is 54.2 Å². The van der Waals surface area contributed by atoms with Crippen LogP contribution in [-0.2, 0) is 9.53 Å². The molecule has 1 aliphatic rings. The Morgan fingerprint density at radius 3 is 2.46 bits per heavy atom. The molecule has 5 rings (SSSR count). The molecule has 1 aromatic heterocycles. The van der Waals surface area contributed by atoms with Gasteiger partial charge >= 0.3 is 0 Å². The highest BCUT2D eigenvalue weighted by Crippen LogP contribution is 2.33. The van der Waals surface area contributed by atoms with Crippen molar-refractivity contribution in [2.75, 3.05) is 42.3 Å². The number of phenols is 1. The summed E-state index contributed by atoms with van der Waals surface area (Å²) in [6.07, 6.45) is 0. The number of hydrogen-bond acceptors (Lipinski definition) is 7. The Labute approximate surface area is 207 Å². The van der Waals surface area contributed by atoms with Gasteiger partial charge in [0.1, 0.15) is 5.75 Å². The summed E-state index contributed by atoms with van der Waals surface area (Å²) in [5.74, 6) is 0.645. The van der Waals surface area contributed by atoms with Crippen LogP contribution in [0.2, 0.25) is 0 Å². The second-order valence-corrected chi connectivity index (χ2v) is 8.89. The topological polar surface area (TPSA) is 92.5 Å². The highest BCUT2D eigenvalue weighted by Gasteiger charge is 2.20. The Morgan fingerprint density at radius 2 is 1.66 bits per heavy atom. The number of hydrogen-bond donors (Lipinski definition) is 2. The van der Waals surface area contributed by atoms with Crippen LogP contribution in [-0.4, -0.2) is 57.8 Å². The zero-order valence-corrected chi connectivity index (χ0v) is 19.8. The number of benzene rings is 3. The number of carbonyl (C=O) groups is 1. The maximum Gasteiger partial charge on any atom is 0.234 e. The third-order valence-electron chi connectivity index (χ3n) is 5.65. The van der Waals surface area contributed by atoms with E-state index >= 15 is 0 Å². The number of nitrogens with one attached hydrogen (secondary N) is 1. The number of morpholine rings is 1. The molecular weight excluding hydrogens is 462 g/mol. The molecule has 35 heavy (non-hydrogen) atoms. The van der Waals surface area contributed by atoms with E-state index in [0.717, 1.165) is 30.2 Å². The molecule has 0 radical (unpaired) electrons. The van der Waals surface area contributed by atoms with E-state index in [1.165, 1.54) is 11.8 Å². The smallest absolute Gasteiger partial charge is 0.234 e. The molecule has 0 saturated carbocycles. The van der Waals surface area contributed by atoms with E-state index in [0.29, 0.717) is 29.8 Å². The van der Waals surface area contributed by atoms with Crippen LogP contribution in [0.1, 0.15) is 0 Å². The largest absolute Gasteiger partial charge is 0.507 e. The van der Waals surface area contributed by atoms with Gasteiger partial charge in [-0.05, 0) is 36.4 Å². The van der Waals surface area contributed by atoms with Crippen LogP contribution < -0.4 is 10.2 Å². The third kappa shape index (κ3) is 5.16. The first-order valence-corrected chi connectivity index (χ1v) is 12.3. The van der Waals surface area contributed by atoms with Crippen LogP contribution in [0.4, 0.5) is 11.4 Å². The molecule has 4 aromatic rings. The second-order valence-electron chi connectivity index (χ2n) is 7.95. The minimum atomic E-state index is -0.137. The van der Waals surface area contributed by atoms with Crippen molar-refractivity contribution in [3.63, 3.8) is 0 Å². The van der Waals surface area contributed by atoms with Crippen molar-refractivity contribution in [1.29, 1.82) is 0 Å². The zero-order chi connectivity index (χ0) is 24.0. The van der Waals surface area contributed by atoms with Crippen LogP contribution in [0.15, 0.2) is 84.0 Å². The summed E-state index contributed by atoms with van der Waals surface area (Å²) in [6, 6.07) is 24.5. The molecule has 178 valence electrons. The molecule has 0 aliphatic carbocycles. The van der Waals surface area contributed by atoms with E-state index in [1.54, 1.807) is 18.2 Å². The summed E-state index contributed by atoms with van der Waals surface area (Å²) in [4.78, 5) is 15.1. The summed E-state index contributed by atoms with van der Waals surface area (Å²) in [7, 11) is 0. The number of anilines is 2. The Bertz CT molecular complexity index is 1310. The van der Waals surface area contributed by atoms with E-state index in [9.17, 15) is 9.90 Å². The molecule has 0 spiro atoms. The van der Waals surface area contributed by atoms with E-state index in [-0.39, 0.29) is 17.4 Å². The molecular formula is C26H25N5O3S. The first-order chi connectivity index (χ1) is 17.2. The SMILES string of the molecule is O=C(CSc1nnc(-c2ccccc2O)n1-c1ccccc1)Nc1ccccc1N1CCOCC1. The standard InChI is InChI=1S/C26H25N5O3S/c32-23-13-7-4-10-20(23)25-28-29-26(31(25)19-8-2-1-3-9-19)35-18-24(33)27-21-11-5-6-12-22(21)30-14-16-34-17-15-30/h1-13,32H,14-18H2,(H,27,33). The molecule has 1 aliphatic heterocycles. The van der Waals surface area contributed by atoms with E-state index < -0.39 is 0 Å². The van der Waals surface area contributed by atoms with Gasteiger partial charge in [0.05, 0.1) is 35.9 Å². The minimum Gasteiger partial charge on any atom is -0.507 e. The highest BCUT2D eigenvalue weighted by atomic mass is 32.2. The molecule has 9 heteroatoms. The van der Waals surface area contributed by atoms with Crippen LogP contribution in [0.25, 0.3) is 17.1 Å². The normalized spacial score (nSPS) is 13.5. The van der Waals surface area contributed by atoms with Crippen LogP contribution in [0.5, 0.6) is 5.75 Å². The summed E-state index contributed by atoms with van der Waals surface area (Å²) >= 11 is 1.29. The number of phenolic OH excluding ortho intramolecular Hbond substituents is 1. The zero-order valence-electron chi connectivity index (χ0n) is 19.0. The number of nitrogens with zero attached hydrogens (tertiary/aromatic N) is 4. The monoisotopic (exact) mass is 487 g/mol. The van der Waals surface area contributed by atoms with Crippen molar-refractivity contribution in [3.8, 4) is 22.8 Å². The number of amides is 1. The average molecular weight is 488 g/mol. The number of para-hydroxylation sites is 4. The molecule has 0 unspecified atom stereocenters. The van der Waals surface area contributed by atoms with Gasteiger partial charge in [-0.15, -0.1) is 10.2 Å². The number of aromatic hydroxyl groups is 1. The van der Waals surface area contributed by atoms with Crippen molar-refractivity contribution < 1.29 is 14.6 Å². The maximum absolute atomic E-state index is 12.9. The van der Waals surface area contributed by atoms with Gasteiger partial charge < -0.3 is 20.1 Å². The average Bonchev–Trinajstić information content (AvgIpc) is 3.33. The van der Waals surface area contributed by atoms with Gasteiger partial charge in [0.15, 0.2) is 11.0 Å². The lowest BCUT2D eigenvalue weighted by Gasteiger charge is -2.30.